The van der Waals surface area contributed by atoms with Crippen LogP contribution in [0.4, 0.5) is 5.69 Å². The summed E-state index contributed by atoms with van der Waals surface area (Å²) in [5.41, 5.74) is 5.40. The molecule has 1 N–H and O–H groups in total. The summed E-state index contributed by atoms with van der Waals surface area (Å²) in [6, 6.07) is 22.9. The number of rotatable bonds is 10. The molecule has 0 aromatic heterocycles. The van der Waals surface area contributed by atoms with Gasteiger partial charge in [-0.15, -0.1) is 0 Å². The van der Waals surface area contributed by atoms with Crippen LogP contribution >= 0.6 is 0 Å². The lowest BCUT2D eigenvalue weighted by Crippen LogP contribution is -2.28. The summed E-state index contributed by atoms with van der Waals surface area (Å²) in [4.78, 5) is 14.0. The van der Waals surface area contributed by atoms with E-state index in [0.717, 1.165) is 46.2 Å². The van der Waals surface area contributed by atoms with E-state index in [4.69, 9.17) is 9.16 Å². The lowest BCUT2D eigenvalue weighted by molar-refractivity contribution is -0.116. The Kier molecular flexibility index (Phi) is 11.4. The van der Waals surface area contributed by atoms with Crippen LogP contribution in [0.25, 0.3) is 0 Å². The maximum absolute atomic E-state index is 14.0. The number of hydrogen-bond donors (Lipinski definition) is 1. The van der Waals surface area contributed by atoms with Gasteiger partial charge in [0, 0.05) is 29.2 Å². The van der Waals surface area contributed by atoms with E-state index < -0.39 is 9.04 Å². The number of anilines is 1. The van der Waals surface area contributed by atoms with Crippen molar-refractivity contribution in [3.8, 4) is 11.5 Å². The van der Waals surface area contributed by atoms with Crippen molar-refractivity contribution in [1.82, 2.24) is 0 Å². The molecule has 0 saturated heterocycles. The molecule has 2 atom stereocenters. The Hall–Kier alpha value is -2.89. The predicted molar refractivity (Wildman–Crippen MR) is 198 cm³/mol. The molecule has 1 amide bonds. The van der Waals surface area contributed by atoms with Crippen LogP contribution in [0, 0.1) is 17.3 Å². The highest BCUT2D eigenvalue weighted by Crippen LogP contribution is 2.46. The van der Waals surface area contributed by atoms with Gasteiger partial charge in [0.25, 0.3) is 0 Å². The average molecular weight is 653 g/mol. The van der Waals surface area contributed by atoms with Crippen molar-refractivity contribution in [3.63, 3.8) is 0 Å². The number of carbonyl (C=O) groups is 1. The number of nitrogens with one attached hydrogen (secondary N) is 1. The Bertz CT molecular complexity index is 1450. The molecule has 1 aliphatic carbocycles. The molecule has 2 unspecified atom stereocenters. The van der Waals surface area contributed by atoms with Gasteiger partial charge in [-0.05, 0) is 77.9 Å². The molecule has 1 fully saturated rings. The minimum Gasteiger partial charge on any atom is -0.457 e. The fourth-order valence-electron chi connectivity index (χ4n) is 7.74. The van der Waals surface area contributed by atoms with Gasteiger partial charge in [0.15, 0.2) is 0 Å². The molecular formula is C42H58NO3Si. The number of benzene rings is 3. The second-order valence-electron chi connectivity index (χ2n) is 16.4. The summed E-state index contributed by atoms with van der Waals surface area (Å²) >= 11 is 0. The van der Waals surface area contributed by atoms with Gasteiger partial charge >= 0.3 is 0 Å². The van der Waals surface area contributed by atoms with Crippen molar-refractivity contribution < 1.29 is 14.0 Å². The van der Waals surface area contributed by atoms with Crippen LogP contribution in [0.1, 0.15) is 134 Å². The van der Waals surface area contributed by atoms with Gasteiger partial charge in [0.2, 0.25) is 14.9 Å². The monoisotopic (exact) mass is 652 g/mol. The maximum atomic E-state index is 14.0. The number of para-hydroxylation sites is 2. The first-order valence-corrected chi connectivity index (χ1v) is 20.5. The van der Waals surface area contributed by atoms with E-state index in [1.807, 2.05) is 36.4 Å². The van der Waals surface area contributed by atoms with E-state index in [1.54, 1.807) is 0 Å². The Morgan fingerprint density at radius 1 is 0.872 bits per heavy atom. The first-order chi connectivity index (χ1) is 22.3. The molecule has 5 heteroatoms. The van der Waals surface area contributed by atoms with E-state index in [9.17, 15) is 4.79 Å². The zero-order valence-corrected chi connectivity index (χ0v) is 31.2. The quantitative estimate of drug-likeness (QED) is 0.175. The molecular weight excluding hydrogens is 595 g/mol. The largest absolute Gasteiger partial charge is 0.457 e. The smallest absolute Gasteiger partial charge is 0.225 e. The summed E-state index contributed by atoms with van der Waals surface area (Å²) in [5, 5.41) is 3.40. The van der Waals surface area contributed by atoms with Crippen molar-refractivity contribution in [3.05, 3.63) is 89.0 Å². The van der Waals surface area contributed by atoms with E-state index in [0.29, 0.717) is 12.3 Å². The molecule has 2 aliphatic rings. The van der Waals surface area contributed by atoms with Crippen LogP contribution in [-0.4, -0.2) is 14.9 Å². The first-order valence-electron chi connectivity index (χ1n) is 18.1. The normalized spacial score (nSPS) is 17.3. The van der Waals surface area contributed by atoms with Crippen LogP contribution in [0.15, 0.2) is 66.7 Å². The van der Waals surface area contributed by atoms with Crippen LogP contribution in [-0.2, 0) is 14.6 Å². The van der Waals surface area contributed by atoms with Crippen LogP contribution in [0.3, 0.4) is 0 Å². The number of amides is 1. The van der Waals surface area contributed by atoms with Gasteiger partial charge in [-0.3, -0.25) is 4.79 Å². The van der Waals surface area contributed by atoms with Gasteiger partial charge in [-0.2, -0.15) is 0 Å². The SMILES string of the molecule is C[Si](C)OC(CC(CC1CCCCCC1)C(C)(C)C)c1ccc(C(C)(C)C)c(NC(=O)CC2c3ccccc3Oc3ccccc32)c1. The fourth-order valence-corrected chi connectivity index (χ4v) is 8.54. The molecule has 1 radical (unpaired) electrons. The number of fused-ring (bicyclic) bond motifs is 2. The molecule has 47 heavy (non-hydrogen) atoms. The molecule has 3 aromatic rings. The molecule has 1 heterocycles. The topological polar surface area (TPSA) is 47.6 Å². The van der Waals surface area contributed by atoms with E-state index >= 15 is 0 Å². The van der Waals surface area contributed by atoms with Crippen LogP contribution in [0.5, 0.6) is 11.5 Å². The van der Waals surface area contributed by atoms with Gasteiger partial charge in [0.05, 0.1) is 6.10 Å². The van der Waals surface area contributed by atoms with E-state index in [1.165, 1.54) is 50.5 Å². The van der Waals surface area contributed by atoms with E-state index in [2.05, 4.69) is 90.3 Å². The summed E-state index contributed by atoms with van der Waals surface area (Å²) < 4.78 is 13.0. The molecule has 3 aromatic carbocycles. The van der Waals surface area contributed by atoms with Crippen molar-refractivity contribution >= 4 is 20.6 Å². The third-order valence-electron chi connectivity index (χ3n) is 10.4. The Morgan fingerprint density at radius 3 is 2.02 bits per heavy atom. The standard InChI is InChI=1S/C42H58NO3Si/c1-41(2,3)31(25-29-17-11-9-10-12-18-29)27-39(46-47(7)8)30-23-24-35(42(4,5)6)36(26-30)43-40(44)28-34-32-19-13-15-21-37(32)45-38-22-16-14-20-33(34)38/h13-16,19-24,26,29,31,34,39H,9-12,17-18,25,27-28H2,1-8H3,(H,43,44). The average Bonchev–Trinajstić information content (AvgIpc) is 3.27. The summed E-state index contributed by atoms with van der Waals surface area (Å²) in [5.74, 6) is 2.97. The van der Waals surface area contributed by atoms with Crippen molar-refractivity contribution in [1.29, 1.82) is 0 Å². The van der Waals surface area contributed by atoms with Crippen LogP contribution < -0.4 is 10.1 Å². The fraction of sp³-hybridized carbons (Fsp3) is 0.548. The lowest BCUT2D eigenvalue weighted by atomic mass is 9.71. The minimum atomic E-state index is -0.956. The van der Waals surface area contributed by atoms with E-state index in [-0.39, 0.29) is 28.8 Å². The zero-order chi connectivity index (χ0) is 33.8. The molecule has 0 spiro atoms. The third-order valence-corrected chi connectivity index (χ3v) is 11.1. The number of ether oxygens (including phenoxy) is 1. The Balaban J connectivity index is 1.43. The molecule has 5 rings (SSSR count). The second kappa shape index (κ2) is 15.1. The van der Waals surface area contributed by atoms with Gasteiger partial charge in [0.1, 0.15) is 11.5 Å². The highest BCUT2D eigenvalue weighted by Gasteiger charge is 2.33. The summed E-state index contributed by atoms with van der Waals surface area (Å²) in [7, 11) is -0.956. The van der Waals surface area contributed by atoms with Crippen molar-refractivity contribution in [2.75, 3.05) is 5.32 Å². The van der Waals surface area contributed by atoms with Crippen molar-refractivity contribution in [2.45, 2.75) is 130 Å². The Morgan fingerprint density at radius 2 is 1.47 bits per heavy atom. The van der Waals surface area contributed by atoms with Gasteiger partial charge in [-0.1, -0.05) is 129 Å². The maximum Gasteiger partial charge on any atom is 0.225 e. The second-order valence-corrected chi connectivity index (χ2v) is 18.5. The minimum absolute atomic E-state index is 0.00723. The third kappa shape index (κ3) is 9.17. The lowest BCUT2D eigenvalue weighted by Gasteiger charge is -2.37. The summed E-state index contributed by atoms with van der Waals surface area (Å²) in [6.07, 6.45) is 10.9. The first kappa shape index (κ1) is 35.4. The predicted octanol–water partition coefficient (Wildman–Crippen LogP) is 12.0. The molecule has 4 nitrogen and oxygen atoms in total. The molecule has 0 bridgehead atoms. The highest BCUT2D eigenvalue weighted by molar-refractivity contribution is 6.48. The highest BCUT2D eigenvalue weighted by atomic mass is 28.3. The number of carbonyl (C=O) groups excluding carboxylic acids is 1. The van der Waals surface area contributed by atoms with Gasteiger partial charge < -0.3 is 14.5 Å². The molecule has 1 aliphatic heterocycles. The van der Waals surface area contributed by atoms with Crippen LogP contribution in [0.2, 0.25) is 13.1 Å². The molecule has 1 saturated carbocycles. The molecule has 253 valence electrons. The van der Waals surface area contributed by atoms with Gasteiger partial charge in [-0.25, -0.2) is 0 Å². The Labute approximate surface area is 286 Å². The zero-order valence-electron chi connectivity index (χ0n) is 30.2. The number of hydrogen-bond acceptors (Lipinski definition) is 3. The van der Waals surface area contributed by atoms with Crippen molar-refractivity contribution in [2.24, 2.45) is 17.3 Å². The summed E-state index contributed by atoms with van der Waals surface area (Å²) in [6.45, 7) is 18.4.